The Hall–Kier alpha value is -3.90. The lowest BCUT2D eigenvalue weighted by atomic mass is 10.2. The largest absolute Gasteiger partial charge is 0.378 e. The molecule has 1 N–H and O–H groups in total. The number of benzene rings is 1. The smallest absolute Gasteiger partial charge is 0.296 e. The fourth-order valence-electron chi connectivity index (χ4n) is 4.72. The van der Waals surface area contributed by atoms with Crippen molar-refractivity contribution in [3.8, 4) is 5.82 Å². The van der Waals surface area contributed by atoms with Gasteiger partial charge in [0, 0.05) is 45.0 Å². The van der Waals surface area contributed by atoms with Crippen LogP contribution in [0.15, 0.2) is 48.7 Å². The quantitative estimate of drug-likeness (QED) is 0.392. The molecule has 3 aromatic heterocycles. The number of imidazole rings is 1. The van der Waals surface area contributed by atoms with Gasteiger partial charge in [0.05, 0.1) is 37.5 Å². The van der Waals surface area contributed by atoms with E-state index in [0.29, 0.717) is 74.7 Å². The van der Waals surface area contributed by atoms with Gasteiger partial charge in [0.25, 0.3) is 6.43 Å². The number of para-hydroxylation sites is 2. The van der Waals surface area contributed by atoms with Gasteiger partial charge in [-0.2, -0.15) is 9.97 Å². The molecule has 38 heavy (non-hydrogen) atoms. The van der Waals surface area contributed by atoms with Crippen molar-refractivity contribution in [1.82, 2.24) is 24.5 Å². The van der Waals surface area contributed by atoms with Gasteiger partial charge in [0.1, 0.15) is 17.5 Å². The molecule has 2 aliphatic heterocycles. The first-order chi connectivity index (χ1) is 18.7. The zero-order chi connectivity index (χ0) is 25.9. The number of fused-ring (bicyclic) bond motifs is 1. The second kappa shape index (κ2) is 10.8. The summed E-state index contributed by atoms with van der Waals surface area (Å²) < 4.78 is 40.5. The maximum Gasteiger partial charge on any atom is 0.296 e. The Kier molecular flexibility index (Phi) is 6.97. The van der Waals surface area contributed by atoms with E-state index in [2.05, 4.69) is 30.1 Å². The highest BCUT2D eigenvalue weighted by Gasteiger charge is 2.23. The maximum atomic E-state index is 14.1. The van der Waals surface area contributed by atoms with Crippen molar-refractivity contribution in [2.24, 2.45) is 0 Å². The summed E-state index contributed by atoms with van der Waals surface area (Å²) in [7, 11) is 0. The second-order valence-corrected chi connectivity index (χ2v) is 9.08. The predicted octanol–water partition coefficient (Wildman–Crippen LogP) is 3.43. The van der Waals surface area contributed by atoms with E-state index in [4.69, 9.17) is 14.5 Å². The van der Waals surface area contributed by atoms with E-state index in [1.165, 1.54) is 4.57 Å². The van der Waals surface area contributed by atoms with Crippen molar-refractivity contribution >= 4 is 28.6 Å². The van der Waals surface area contributed by atoms with Crippen LogP contribution in [0.4, 0.5) is 26.4 Å². The summed E-state index contributed by atoms with van der Waals surface area (Å²) in [5.74, 6) is 1.85. The Balaban J connectivity index is 1.34. The highest BCUT2D eigenvalue weighted by Crippen LogP contribution is 2.29. The molecule has 0 radical (unpaired) electrons. The van der Waals surface area contributed by atoms with Crippen molar-refractivity contribution in [3.05, 3.63) is 60.0 Å². The molecule has 1 aromatic carbocycles. The van der Waals surface area contributed by atoms with Crippen molar-refractivity contribution in [1.29, 1.82) is 0 Å². The molecule has 0 atom stereocenters. The molecular formula is C26H28F2N8O2. The summed E-state index contributed by atoms with van der Waals surface area (Å²) in [6.07, 6.45) is -0.985. The number of alkyl halides is 2. The lowest BCUT2D eigenvalue weighted by Gasteiger charge is -2.28. The third kappa shape index (κ3) is 5.09. The molecule has 0 spiro atoms. The SMILES string of the molecule is FC(F)c1nc2ccccc2n1-c1cc(N2CCOCC2)nc(NCc2ccnc(N3CCOCC3)c2)n1. The van der Waals surface area contributed by atoms with Crippen molar-refractivity contribution < 1.29 is 18.3 Å². The third-order valence-electron chi connectivity index (χ3n) is 6.64. The summed E-state index contributed by atoms with van der Waals surface area (Å²) in [6.45, 7) is 5.83. The van der Waals surface area contributed by atoms with Gasteiger partial charge in [0.15, 0.2) is 5.82 Å². The average Bonchev–Trinajstić information content (AvgIpc) is 3.37. The zero-order valence-corrected chi connectivity index (χ0v) is 20.8. The summed E-state index contributed by atoms with van der Waals surface area (Å²) >= 11 is 0. The van der Waals surface area contributed by atoms with Crippen molar-refractivity contribution in [3.63, 3.8) is 0 Å². The number of hydrogen-bond donors (Lipinski definition) is 1. The molecule has 0 bridgehead atoms. The first-order valence-electron chi connectivity index (χ1n) is 12.6. The van der Waals surface area contributed by atoms with Crippen molar-refractivity contribution in [2.45, 2.75) is 13.0 Å². The van der Waals surface area contributed by atoms with E-state index in [9.17, 15) is 8.78 Å². The number of nitrogens with one attached hydrogen (secondary N) is 1. The minimum atomic E-state index is -2.77. The Morgan fingerprint density at radius 3 is 2.24 bits per heavy atom. The van der Waals surface area contributed by atoms with Gasteiger partial charge in [-0.25, -0.2) is 18.7 Å². The number of hydrogen-bond acceptors (Lipinski definition) is 9. The molecule has 2 saturated heterocycles. The van der Waals surface area contributed by atoms with Gasteiger partial charge in [-0.1, -0.05) is 12.1 Å². The molecule has 5 heterocycles. The molecule has 0 aliphatic carbocycles. The van der Waals surface area contributed by atoms with Crippen LogP contribution in [0.2, 0.25) is 0 Å². The third-order valence-corrected chi connectivity index (χ3v) is 6.64. The minimum Gasteiger partial charge on any atom is -0.378 e. The molecule has 0 unspecified atom stereocenters. The van der Waals surface area contributed by atoms with Crippen LogP contribution in [-0.2, 0) is 16.0 Å². The monoisotopic (exact) mass is 522 g/mol. The van der Waals surface area contributed by atoms with Crippen LogP contribution < -0.4 is 15.1 Å². The average molecular weight is 523 g/mol. The predicted molar refractivity (Wildman–Crippen MR) is 139 cm³/mol. The summed E-state index contributed by atoms with van der Waals surface area (Å²) in [6, 6.07) is 12.8. The van der Waals surface area contributed by atoms with Crippen LogP contribution >= 0.6 is 0 Å². The molecule has 2 fully saturated rings. The van der Waals surface area contributed by atoms with Crippen LogP contribution in [0.1, 0.15) is 17.8 Å². The number of ether oxygens (including phenoxy) is 2. The van der Waals surface area contributed by atoms with E-state index in [1.54, 1.807) is 36.5 Å². The molecule has 12 heteroatoms. The Morgan fingerprint density at radius 2 is 1.50 bits per heavy atom. The number of halogens is 2. The number of rotatable bonds is 7. The van der Waals surface area contributed by atoms with E-state index in [0.717, 1.165) is 24.5 Å². The van der Waals surface area contributed by atoms with Gasteiger partial charge in [-0.15, -0.1) is 0 Å². The van der Waals surface area contributed by atoms with Crippen LogP contribution in [0, 0.1) is 0 Å². The number of anilines is 3. The van der Waals surface area contributed by atoms with Gasteiger partial charge < -0.3 is 24.6 Å². The van der Waals surface area contributed by atoms with Gasteiger partial charge in [-0.05, 0) is 29.8 Å². The van der Waals surface area contributed by atoms with E-state index in [1.807, 2.05) is 12.1 Å². The van der Waals surface area contributed by atoms with Crippen LogP contribution in [0.3, 0.4) is 0 Å². The molecule has 0 amide bonds. The van der Waals surface area contributed by atoms with Crippen LogP contribution in [0.25, 0.3) is 16.9 Å². The normalized spacial score (nSPS) is 16.4. The molecule has 6 rings (SSSR count). The lowest BCUT2D eigenvalue weighted by Crippen LogP contribution is -2.37. The second-order valence-electron chi connectivity index (χ2n) is 9.08. The topological polar surface area (TPSA) is 93.5 Å². The van der Waals surface area contributed by atoms with Gasteiger partial charge in [-0.3, -0.25) is 4.57 Å². The Bertz CT molecular complexity index is 1400. The number of pyridine rings is 1. The van der Waals surface area contributed by atoms with Crippen LogP contribution in [-0.4, -0.2) is 77.1 Å². The van der Waals surface area contributed by atoms with E-state index >= 15 is 0 Å². The summed E-state index contributed by atoms with van der Waals surface area (Å²) in [4.78, 5) is 22.3. The molecule has 2 aliphatic rings. The first-order valence-corrected chi connectivity index (χ1v) is 12.6. The van der Waals surface area contributed by atoms with Gasteiger partial charge >= 0.3 is 0 Å². The summed E-state index contributed by atoms with van der Waals surface area (Å²) in [5, 5.41) is 3.30. The first kappa shape index (κ1) is 24.4. The fraction of sp³-hybridized carbons (Fsp3) is 0.385. The van der Waals surface area contributed by atoms with E-state index < -0.39 is 6.43 Å². The highest BCUT2D eigenvalue weighted by atomic mass is 19.3. The van der Waals surface area contributed by atoms with Crippen molar-refractivity contribution in [2.75, 3.05) is 67.7 Å². The standard InChI is InChI=1S/C26H28F2N8O2/c27-24(28)25-31-19-3-1-2-4-20(19)36(25)23-16-22(35-9-13-38-14-10-35)32-26(33-23)30-17-18-5-6-29-21(15-18)34-7-11-37-12-8-34/h1-6,15-16,24H,7-14,17H2,(H,30,32,33). The number of nitrogens with zero attached hydrogens (tertiary/aromatic N) is 7. The van der Waals surface area contributed by atoms with E-state index in [-0.39, 0.29) is 5.82 Å². The number of morpholine rings is 2. The molecule has 0 saturated carbocycles. The maximum absolute atomic E-state index is 14.1. The molecular weight excluding hydrogens is 494 g/mol. The lowest BCUT2D eigenvalue weighted by molar-refractivity contribution is 0.122. The fourth-order valence-corrected chi connectivity index (χ4v) is 4.72. The summed E-state index contributed by atoms with van der Waals surface area (Å²) in [5.41, 5.74) is 2.05. The molecule has 4 aromatic rings. The minimum absolute atomic E-state index is 0.330. The Morgan fingerprint density at radius 1 is 0.816 bits per heavy atom. The number of aromatic nitrogens is 5. The molecule has 10 nitrogen and oxygen atoms in total. The Labute approximate surface area is 218 Å². The van der Waals surface area contributed by atoms with Crippen LogP contribution in [0.5, 0.6) is 0 Å². The molecule has 198 valence electrons. The zero-order valence-electron chi connectivity index (χ0n) is 20.8. The van der Waals surface area contributed by atoms with Gasteiger partial charge in [0.2, 0.25) is 5.95 Å². The highest BCUT2D eigenvalue weighted by molar-refractivity contribution is 5.78.